The third-order valence-electron chi connectivity index (χ3n) is 2.95. The first-order valence-corrected chi connectivity index (χ1v) is 12.5. The van der Waals surface area contributed by atoms with Crippen molar-refractivity contribution in [3.05, 3.63) is 0 Å². The molecule has 138 valence electrons. The summed E-state index contributed by atoms with van der Waals surface area (Å²) in [5.41, 5.74) is 0. The van der Waals surface area contributed by atoms with Crippen LogP contribution in [-0.4, -0.2) is 35.8 Å². The molecule has 1 aliphatic heterocycles. The van der Waals surface area contributed by atoms with Crippen LogP contribution in [0.5, 0.6) is 0 Å². The number of hydrogen-bond acceptors (Lipinski definition) is 6. The van der Waals surface area contributed by atoms with E-state index < -0.39 is 25.1 Å². The van der Waals surface area contributed by atoms with Gasteiger partial charge in [-0.1, -0.05) is 20.8 Å². The topological polar surface area (TPSA) is 78.9 Å². The molecule has 0 aromatic heterocycles. The standard InChI is InChI=1S/C9H21O3P3.C6H6O3/c1-4-7-13-10-14(8-5-2)12-15(11-13)9-6-3;7-4-1-5(8)3-6(9)2-4/h4-9H2,1-3H3;1-3H2. The van der Waals surface area contributed by atoms with Crippen molar-refractivity contribution in [1.29, 1.82) is 0 Å². The van der Waals surface area contributed by atoms with Crippen molar-refractivity contribution >= 4 is 42.5 Å². The highest BCUT2D eigenvalue weighted by Crippen LogP contribution is 2.72. The molecule has 1 aliphatic carbocycles. The van der Waals surface area contributed by atoms with E-state index in [1.165, 1.54) is 0 Å². The Balaban J connectivity index is 0.000000272. The molecule has 9 heteroatoms. The van der Waals surface area contributed by atoms with Crippen LogP contribution >= 0.6 is 25.1 Å². The number of Topliss-reactive ketones (excluding diaryl/α,β-unsaturated/α-hetero) is 3. The Hall–Kier alpha value is 0.180. The van der Waals surface area contributed by atoms with Crippen molar-refractivity contribution in [3.63, 3.8) is 0 Å². The Morgan fingerprint density at radius 3 is 1.08 bits per heavy atom. The van der Waals surface area contributed by atoms with E-state index in [-0.39, 0.29) is 36.6 Å². The Bertz CT molecular complexity index is 352. The fourth-order valence-electron chi connectivity index (χ4n) is 1.99. The highest BCUT2D eigenvalue weighted by atomic mass is 31.3. The summed E-state index contributed by atoms with van der Waals surface area (Å²) in [6.45, 7) is 6.53. The van der Waals surface area contributed by atoms with E-state index >= 15 is 0 Å². The van der Waals surface area contributed by atoms with E-state index in [1.807, 2.05) is 0 Å². The Kier molecular flexibility index (Phi) is 11.6. The highest BCUT2D eigenvalue weighted by molar-refractivity contribution is 7.74. The molecule has 1 heterocycles. The molecule has 1 saturated carbocycles. The fraction of sp³-hybridized carbons (Fsp3) is 0.800. The fourth-order valence-corrected chi connectivity index (χ4v) is 8.64. The van der Waals surface area contributed by atoms with Crippen LogP contribution in [0.2, 0.25) is 0 Å². The molecule has 0 spiro atoms. The summed E-state index contributed by atoms with van der Waals surface area (Å²) in [6, 6.07) is 0. The summed E-state index contributed by atoms with van der Waals surface area (Å²) >= 11 is 0. The van der Waals surface area contributed by atoms with Crippen LogP contribution in [-0.2, 0) is 27.3 Å². The van der Waals surface area contributed by atoms with Gasteiger partial charge in [-0.15, -0.1) is 0 Å². The smallest absolute Gasteiger partial charge is 0.182 e. The second-order valence-electron chi connectivity index (χ2n) is 5.56. The molecule has 0 N–H and O–H groups in total. The molecule has 0 unspecified atom stereocenters. The maximum atomic E-state index is 10.4. The molecule has 1 saturated heterocycles. The van der Waals surface area contributed by atoms with E-state index in [2.05, 4.69) is 20.8 Å². The highest BCUT2D eigenvalue weighted by Gasteiger charge is 2.31. The second-order valence-corrected chi connectivity index (χ2v) is 10.9. The van der Waals surface area contributed by atoms with Crippen molar-refractivity contribution in [2.24, 2.45) is 0 Å². The van der Waals surface area contributed by atoms with Gasteiger partial charge in [0.2, 0.25) is 0 Å². The molecule has 24 heavy (non-hydrogen) atoms. The number of ketones is 3. The van der Waals surface area contributed by atoms with E-state index in [0.717, 1.165) is 37.7 Å². The van der Waals surface area contributed by atoms with Gasteiger partial charge in [0.15, 0.2) is 25.1 Å². The van der Waals surface area contributed by atoms with Crippen molar-refractivity contribution in [2.75, 3.05) is 18.5 Å². The molecule has 0 bridgehead atoms. The van der Waals surface area contributed by atoms with Crippen molar-refractivity contribution in [1.82, 2.24) is 0 Å². The van der Waals surface area contributed by atoms with E-state index in [0.29, 0.717) is 0 Å². The summed E-state index contributed by atoms with van der Waals surface area (Å²) in [4.78, 5) is 31.3. The number of carbonyl (C=O) groups is 3. The van der Waals surface area contributed by atoms with E-state index in [4.69, 9.17) is 12.9 Å². The molecule has 2 fully saturated rings. The molecule has 6 nitrogen and oxygen atoms in total. The van der Waals surface area contributed by atoms with Crippen molar-refractivity contribution in [3.8, 4) is 0 Å². The first-order valence-electron chi connectivity index (χ1n) is 8.40. The number of carbonyl (C=O) groups excluding carboxylic acids is 3. The van der Waals surface area contributed by atoms with Crippen LogP contribution in [0.1, 0.15) is 59.3 Å². The van der Waals surface area contributed by atoms with Crippen LogP contribution in [0.25, 0.3) is 0 Å². The number of hydrogen-bond donors (Lipinski definition) is 0. The summed E-state index contributed by atoms with van der Waals surface area (Å²) < 4.78 is 17.5. The molecule has 2 rings (SSSR count). The summed E-state index contributed by atoms with van der Waals surface area (Å²) in [7, 11) is -1.92. The van der Waals surface area contributed by atoms with Crippen molar-refractivity contribution < 1.29 is 27.3 Å². The second kappa shape index (κ2) is 12.5. The van der Waals surface area contributed by atoms with Gasteiger partial charge in [-0.05, 0) is 19.3 Å². The first kappa shape index (κ1) is 22.2. The molecule has 0 atom stereocenters. The lowest BCUT2D eigenvalue weighted by molar-refractivity contribution is -0.136. The van der Waals surface area contributed by atoms with Crippen molar-refractivity contribution in [2.45, 2.75) is 59.3 Å². The molecule has 0 radical (unpaired) electrons. The molecular formula is C15H27O6P3. The number of rotatable bonds is 6. The third kappa shape index (κ3) is 9.04. The average molecular weight is 396 g/mol. The lowest BCUT2D eigenvalue weighted by Gasteiger charge is -2.33. The van der Waals surface area contributed by atoms with Gasteiger partial charge in [0.1, 0.15) is 17.3 Å². The molecule has 0 amide bonds. The van der Waals surface area contributed by atoms with E-state index in [9.17, 15) is 14.4 Å². The molecular weight excluding hydrogens is 369 g/mol. The predicted molar refractivity (Wildman–Crippen MR) is 98.4 cm³/mol. The maximum absolute atomic E-state index is 10.4. The van der Waals surface area contributed by atoms with E-state index in [1.54, 1.807) is 0 Å². The minimum absolute atomic E-state index is 0.0360. The van der Waals surface area contributed by atoms with Crippen LogP contribution in [0, 0.1) is 0 Å². The third-order valence-corrected chi connectivity index (χ3v) is 9.76. The Morgan fingerprint density at radius 1 is 0.625 bits per heavy atom. The minimum Gasteiger partial charge on any atom is -0.299 e. The van der Waals surface area contributed by atoms with Gasteiger partial charge >= 0.3 is 0 Å². The van der Waals surface area contributed by atoms with Gasteiger partial charge < -0.3 is 0 Å². The zero-order valence-electron chi connectivity index (χ0n) is 14.7. The van der Waals surface area contributed by atoms with Crippen LogP contribution < -0.4 is 0 Å². The zero-order valence-corrected chi connectivity index (χ0v) is 17.3. The normalized spacial score (nSPS) is 27.6. The molecule has 0 aromatic carbocycles. The lowest BCUT2D eigenvalue weighted by Crippen LogP contribution is -2.21. The Labute approximate surface area is 148 Å². The summed E-state index contributed by atoms with van der Waals surface area (Å²) in [5, 5.41) is 0. The maximum Gasteiger partial charge on any atom is 0.182 e. The zero-order chi connectivity index (χ0) is 17.9. The predicted octanol–water partition coefficient (Wildman–Crippen LogP) is 5.09. The monoisotopic (exact) mass is 396 g/mol. The van der Waals surface area contributed by atoms with Gasteiger partial charge in [0, 0.05) is 18.5 Å². The quantitative estimate of drug-likeness (QED) is 0.460. The largest absolute Gasteiger partial charge is 0.299 e. The van der Waals surface area contributed by atoms with Gasteiger partial charge in [0.05, 0.1) is 19.3 Å². The summed E-state index contributed by atoms with van der Waals surface area (Å²) in [5.74, 6) is -0.719. The van der Waals surface area contributed by atoms with Crippen LogP contribution in [0.3, 0.4) is 0 Å². The minimum atomic E-state index is -0.641. The summed E-state index contributed by atoms with van der Waals surface area (Å²) in [6.07, 6.45) is 6.48. The lowest BCUT2D eigenvalue weighted by atomic mass is 9.97. The van der Waals surface area contributed by atoms with Gasteiger partial charge in [-0.3, -0.25) is 27.3 Å². The first-order chi connectivity index (χ1) is 11.5. The van der Waals surface area contributed by atoms with Gasteiger partial charge in [0.25, 0.3) is 0 Å². The average Bonchev–Trinajstić information content (AvgIpc) is 2.47. The van der Waals surface area contributed by atoms with Gasteiger partial charge in [-0.25, -0.2) is 0 Å². The molecule has 0 aromatic rings. The molecule has 2 aliphatic rings. The van der Waals surface area contributed by atoms with Gasteiger partial charge in [-0.2, -0.15) is 0 Å². The van der Waals surface area contributed by atoms with Crippen LogP contribution in [0.15, 0.2) is 0 Å². The Morgan fingerprint density at radius 2 is 0.875 bits per heavy atom. The van der Waals surface area contributed by atoms with Crippen LogP contribution in [0.4, 0.5) is 0 Å². The SMILES string of the molecule is CCCP1OP(CCC)OP(CCC)O1.O=C1CC(=O)CC(=O)C1.